The molecule has 2 amide bonds. The molecule has 0 radical (unpaired) electrons. The molecule has 5 nitrogen and oxygen atoms in total. The number of benzene rings is 1. The molecule has 1 heterocycles. The molecule has 1 aliphatic carbocycles. The number of nitrogens with zero attached hydrogens (tertiary/aromatic N) is 1. The molecule has 3 rings (SSSR count). The third-order valence-electron chi connectivity index (χ3n) is 5.32. The first-order chi connectivity index (χ1) is 12.1. The standard InChI is InChI=1S/C20H28N2O3/c1-15-6-2-3-7-18(15)21-19(23)14-25-17-10-8-16(9-11-17)20(24)22-12-4-5-13-22/h8-11,15,18H,2-7,12-14H2,1H3,(H,21,23). The van der Waals surface area contributed by atoms with E-state index in [1.165, 1.54) is 19.3 Å². The first-order valence-electron chi connectivity index (χ1n) is 9.45. The molecule has 2 fully saturated rings. The van der Waals surface area contributed by atoms with Crippen molar-refractivity contribution in [1.29, 1.82) is 0 Å². The second kappa shape index (κ2) is 8.37. The molecule has 5 heteroatoms. The average molecular weight is 344 g/mol. The van der Waals surface area contributed by atoms with E-state index in [1.807, 2.05) is 4.90 Å². The summed E-state index contributed by atoms with van der Waals surface area (Å²) in [6.45, 7) is 3.90. The lowest BCUT2D eigenvalue weighted by atomic mass is 9.86. The van der Waals surface area contributed by atoms with Crippen LogP contribution in [0.5, 0.6) is 5.75 Å². The van der Waals surface area contributed by atoms with E-state index in [9.17, 15) is 9.59 Å². The molecular formula is C20H28N2O3. The number of likely N-dealkylation sites (tertiary alicyclic amines) is 1. The second-order valence-corrected chi connectivity index (χ2v) is 7.25. The molecule has 2 unspecified atom stereocenters. The van der Waals surface area contributed by atoms with Gasteiger partial charge in [-0.2, -0.15) is 0 Å². The molecule has 1 N–H and O–H groups in total. The summed E-state index contributed by atoms with van der Waals surface area (Å²) >= 11 is 0. The van der Waals surface area contributed by atoms with Crippen LogP contribution < -0.4 is 10.1 Å². The third kappa shape index (κ3) is 4.74. The van der Waals surface area contributed by atoms with E-state index in [1.54, 1.807) is 24.3 Å². The normalized spacial score (nSPS) is 23.3. The van der Waals surface area contributed by atoms with Crippen LogP contribution in [0.15, 0.2) is 24.3 Å². The van der Waals surface area contributed by atoms with Gasteiger partial charge in [-0.15, -0.1) is 0 Å². The summed E-state index contributed by atoms with van der Waals surface area (Å²) < 4.78 is 5.57. The predicted octanol–water partition coefficient (Wildman–Crippen LogP) is 3.00. The molecule has 1 aromatic carbocycles. The predicted molar refractivity (Wildman–Crippen MR) is 96.6 cm³/mol. The smallest absolute Gasteiger partial charge is 0.258 e. The van der Waals surface area contributed by atoms with Crippen LogP contribution in [-0.4, -0.2) is 42.5 Å². The number of carbonyl (C=O) groups is 2. The molecule has 1 saturated carbocycles. The van der Waals surface area contributed by atoms with E-state index < -0.39 is 0 Å². The Kier molecular flexibility index (Phi) is 5.95. The first kappa shape index (κ1) is 17.8. The third-order valence-corrected chi connectivity index (χ3v) is 5.32. The Balaban J connectivity index is 1.46. The number of nitrogens with one attached hydrogen (secondary N) is 1. The number of amides is 2. The van der Waals surface area contributed by atoms with Gasteiger partial charge in [-0.1, -0.05) is 19.8 Å². The molecule has 25 heavy (non-hydrogen) atoms. The highest BCUT2D eigenvalue weighted by molar-refractivity contribution is 5.94. The van der Waals surface area contributed by atoms with Crippen molar-refractivity contribution >= 4 is 11.8 Å². The molecule has 0 aromatic heterocycles. The SMILES string of the molecule is CC1CCCCC1NC(=O)COc1ccc(C(=O)N2CCCC2)cc1. The van der Waals surface area contributed by atoms with Crippen LogP contribution in [-0.2, 0) is 4.79 Å². The molecule has 1 aromatic rings. The lowest BCUT2D eigenvalue weighted by Gasteiger charge is -2.29. The van der Waals surface area contributed by atoms with Crippen LogP contribution in [0.4, 0.5) is 0 Å². The van der Waals surface area contributed by atoms with Crippen molar-refractivity contribution in [3.8, 4) is 5.75 Å². The minimum atomic E-state index is -0.0732. The number of ether oxygens (including phenoxy) is 1. The molecule has 136 valence electrons. The Labute approximate surface area is 149 Å². The number of carbonyl (C=O) groups excluding carboxylic acids is 2. The summed E-state index contributed by atoms with van der Waals surface area (Å²) in [5, 5.41) is 3.08. The topological polar surface area (TPSA) is 58.6 Å². The number of rotatable bonds is 5. The van der Waals surface area contributed by atoms with E-state index in [2.05, 4.69) is 12.2 Å². The van der Waals surface area contributed by atoms with Gasteiger partial charge in [0.1, 0.15) is 5.75 Å². The van der Waals surface area contributed by atoms with Crippen LogP contribution in [0.3, 0.4) is 0 Å². The van der Waals surface area contributed by atoms with Gasteiger partial charge < -0.3 is 15.0 Å². The molecule has 1 aliphatic heterocycles. The molecule has 0 bridgehead atoms. The van der Waals surface area contributed by atoms with Crippen molar-refractivity contribution in [2.75, 3.05) is 19.7 Å². The molecule has 2 atom stereocenters. The fraction of sp³-hybridized carbons (Fsp3) is 0.600. The van der Waals surface area contributed by atoms with Gasteiger partial charge in [0.15, 0.2) is 6.61 Å². The van der Waals surface area contributed by atoms with Gasteiger partial charge in [0.25, 0.3) is 11.8 Å². The van der Waals surface area contributed by atoms with Gasteiger partial charge in [-0.05, 0) is 55.9 Å². The van der Waals surface area contributed by atoms with Crippen molar-refractivity contribution in [1.82, 2.24) is 10.2 Å². The zero-order chi connectivity index (χ0) is 17.6. The maximum atomic E-state index is 12.3. The lowest BCUT2D eigenvalue weighted by molar-refractivity contribution is -0.124. The highest BCUT2D eigenvalue weighted by Crippen LogP contribution is 2.23. The summed E-state index contributed by atoms with van der Waals surface area (Å²) in [6.07, 6.45) is 6.84. The van der Waals surface area contributed by atoms with E-state index in [0.717, 1.165) is 32.4 Å². The van der Waals surface area contributed by atoms with Crippen molar-refractivity contribution in [2.45, 2.75) is 51.5 Å². The van der Waals surface area contributed by atoms with E-state index in [4.69, 9.17) is 4.74 Å². The van der Waals surface area contributed by atoms with Gasteiger partial charge in [0.05, 0.1) is 0 Å². The zero-order valence-electron chi connectivity index (χ0n) is 15.0. The maximum absolute atomic E-state index is 12.3. The molecule has 0 spiro atoms. The summed E-state index contributed by atoms with van der Waals surface area (Å²) in [7, 11) is 0. The monoisotopic (exact) mass is 344 g/mol. The fourth-order valence-electron chi connectivity index (χ4n) is 3.72. The van der Waals surface area contributed by atoms with Crippen molar-refractivity contribution in [2.24, 2.45) is 5.92 Å². The first-order valence-corrected chi connectivity index (χ1v) is 9.45. The Morgan fingerprint density at radius 1 is 1.08 bits per heavy atom. The van der Waals surface area contributed by atoms with Crippen molar-refractivity contribution < 1.29 is 14.3 Å². The van der Waals surface area contributed by atoms with Gasteiger partial charge in [-0.25, -0.2) is 0 Å². The molecular weight excluding hydrogens is 316 g/mol. The van der Waals surface area contributed by atoms with Crippen LogP contribution >= 0.6 is 0 Å². The highest BCUT2D eigenvalue weighted by atomic mass is 16.5. The quantitative estimate of drug-likeness (QED) is 0.893. The summed E-state index contributed by atoms with van der Waals surface area (Å²) in [6, 6.07) is 7.35. The highest BCUT2D eigenvalue weighted by Gasteiger charge is 2.23. The summed E-state index contributed by atoms with van der Waals surface area (Å²) in [4.78, 5) is 26.3. The Morgan fingerprint density at radius 3 is 2.44 bits per heavy atom. The van der Waals surface area contributed by atoms with E-state index in [-0.39, 0.29) is 24.5 Å². The maximum Gasteiger partial charge on any atom is 0.258 e. The second-order valence-electron chi connectivity index (χ2n) is 7.25. The Bertz CT molecular complexity index is 593. The van der Waals surface area contributed by atoms with Gasteiger partial charge >= 0.3 is 0 Å². The van der Waals surface area contributed by atoms with Crippen LogP contribution in [0.1, 0.15) is 55.8 Å². The summed E-state index contributed by atoms with van der Waals surface area (Å²) in [5.74, 6) is 1.16. The average Bonchev–Trinajstić information content (AvgIpc) is 3.16. The van der Waals surface area contributed by atoms with Gasteiger partial charge in [0, 0.05) is 24.7 Å². The van der Waals surface area contributed by atoms with Crippen LogP contribution in [0.25, 0.3) is 0 Å². The van der Waals surface area contributed by atoms with E-state index >= 15 is 0 Å². The van der Waals surface area contributed by atoms with Crippen molar-refractivity contribution in [3.63, 3.8) is 0 Å². The minimum absolute atomic E-state index is 0.0165. The van der Waals surface area contributed by atoms with Crippen LogP contribution in [0, 0.1) is 5.92 Å². The number of hydrogen-bond donors (Lipinski definition) is 1. The van der Waals surface area contributed by atoms with Crippen LogP contribution in [0.2, 0.25) is 0 Å². The minimum Gasteiger partial charge on any atom is -0.484 e. The van der Waals surface area contributed by atoms with Crippen molar-refractivity contribution in [3.05, 3.63) is 29.8 Å². The largest absolute Gasteiger partial charge is 0.484 e. The zero-order valence-corrected chi connectivity index (χ0v) is 15.0. The van der Waals surface area contributed by atoms with Gasteiger partial charge in [0.2, 0.25) is 0 Å². The molecule has 2 aliphatic rings. The summed E-state index contributed by atoms with van der Waals surface area (Å²) in [5.41, 5.74) is 0.676. The van der Waals surface area contributed by atoms with Gasteiger partial charge in [-0.3, -0.25) is 9.59 Å². The Hall–Kier alpha value is -2.04. The van der Waals surface area contributed by atoms with E-state index in [0.29, 0.717) is 17.2 Å². The Morgan fingerprint density at radius 2 is 1.76 bits per heavy atom. The fourth-order valence-corrected chi connectivity index (χ4v) is 3.72. The number of hydrogen-bond acceptors (Lipinski definition) is 3. The molecule has 1 saturated heterocycles. The lowest BCUT2D eigenvalue weighted by Crippen LogP contribution is -2.43.